The molecule has 4 unspecified atom stereocenters. The molecule has 0 rings (SSSR count). The smallest absolute Gasteiger partial charge is 0.328 e. The number of carboxylic acids is 1. The quantitative estimate of drug-likeness (QED) is 0.129. The average molecular weight is 478 g/mol. The van der Waals surface area contributed by atoms with E-state index in [-0.39, 0.29) is 31.6 Å². The summed E-state index contributed by atoms with van der Waals surface area (Å²) in [6.07, 6.45) is 2.23. The maximum atomic E-state index is 12.9. The zero-order valence-electron chi connectivity index (χ0n) is 18.6. The summed E-state index contributed by atoms with van der Waals surface area (Å²) in [5, 5.41) is 25.4. The van der Waals surface area contributed by atoms with Gasteiger partial charge in [-0.2, -0.15) is 11.8 Å². The summed E-state index contributed by atoms with van der Waals surface area (Å²) < 4.78 is 0. The van der Waals surface area contributed by atoms with Gasteiger partial charge in [-0.1, -0.05) is 13.8 Å². The highest BCUT2D eigenvalue weighted by atomic mass is 32.2. The Bertz CT molecular complexity index is 662. The zero-order chi connectivity index (χ0) is 24.8. The Kier molecular flexibility index (Phi) is 14.3. The highest BCUT2D eigenvalue weighted by molar-refractivity contribution is 7.98. The molecule has 4 atom stereocenters. The normalized spacial score (nSPS) is 14.7. The molecule has 0 aromatic rings. The Balaban J connectivity index is 5.34. The maximum Gasteiger partial charge on any atom is 0.328 e. The van der Waals surface area contributed by atoms with E-state index >= 15 is 0 Å². The Hall–Kier alpha value is -2.38. The van der Waals surface area contributed by atoms with Crippen molar-refractivity contribution in [2.75, 3.05) is 18.6 Å². The molecule has 0 aromatic carbocycles. The number of amides is 4. The van der Waals surface area contributed by atoms with E-state index in [1.807, 2.05) is 20.1 Å². The molecular formula is C19H35N5O7S. The van der Waals surface area contributed by atoms with Crippen LogP contribution in [0.4, 0.5) is 0 Å². The van der Waals surface area contributed by atoms with Gasteiger partial charge in [0.25, 0.3) is 0 Å². The molecule has 0 fully saturated rings. The third-order valence-electron chi connectivity index (χ3n) is 4.42. The van der Waals surface area contributed by atoms with E-state index in [4.69, 9.17) is 21.7 Å². The molecule has 4 amide bonds. The van der Waals surface area contributed by atoms with Crippen molar-refractivity contribution in [1.82, 2.24) is 16.0 Å². The highest BCUT2D eigenvalue weighted by Crippen LogP contribution is 2.08. The molecule has 184 valence electrons. The molecule has 0 aliphatic carbocycles. The van der Waals surface area contributed by atoms with Gasteiger partial charge in [0.05, 0.1) is 12.6 Å². The number of rotatable bonds is 16. The lowest BCUT2D eigenvalue weighted by Crippen LogP contribution is -2.57. The number of nitrogens with two attached hydrogens (primary N) is 2. The van der Waals surface area contributed by atoms with Gasteiger partial charge >= 0.3 is 5.97 Å². The Labute approximate surface area is 191 Å². The lowest BCUT2D eigenvalue weighted by Gasteiger charge is -2.25. The zero-order valence-corrected chi connectivity index (χ0v) is 19.4. The lowest BCUT2D eigenvalue weighted by molar-refractivity contribution is -0.143. The molecule has 0 heterocycles. The summed E-state index contributed by atoms with van der Waals surface area (Å²) >= 11 is 1.45. The van der Waals surface area contributed by atoms with Gasteiger partial charge < -0.3 is 37.6 Å². The number of nitrogens with one attached hydrogen (secondary N) is 3. The van der Waals surface area contributed by atoms with E-state index in [2.05, 4.69) is 16.0 Å². The van der Waals surface area contributed by atoms with Crippen LogP contribution in [0.1, 0.15) is 39.5 Å². The number of hydrogen-bond acceptors (Lipinski definition) is 8. The van der Waals surface area contributed by atoms with Crippen LogP contribution in [-0.4, -0.2) is 82.6 Å². The number of thioether (sulfide) groups is 1. The van der Waals surface area contributed by atoms with Crippen LogP contribution in [0.15, 0.2) is 0 Å². The van der Waals surface area contributed by atoms with Crippen LogP contribution < -0.4 is 27.4 Å². The van der Waals surface area contributed by atoms with Gasteiger partial charge in [-0.15, -0.1) is 0 Å². The van der Waals surface area contributed by atoms with Gasteiger partial charge in [-0.25, -0.2) is 4.79 Å². The van der Waals surface area contributed by atoms with Gasteiger partial charge in [0, 0.05) is 6.42 Å². The van der Waals surface area contributed by atoms with Crippen molar-refractivity contribution in [2.24, 2.45) is 17.4 Å². The molecule has 0 aliphatic heterocycles. The number of aliphatic carboxylic acids is 1. The second kappa shape index (κ2) is 15.4. The number of aliphatic hydroxyl groups excluding tert-OH is 1. The van der Waals surface area contributed by atoms with Crippen LogP contribution in [0.5, 0.6) is 0 Å². The predicted octanol–water partition coefficient (Wildman–Crippen LogP) is -2.09. The van der Waals surface area contributed by atoms with Crippen molar-refractivity contribution >= 4 is 41.4 Å². The minimum atomic E-state index is -1.51. The minimum absolute atomic E-state index is 0.0220. The SMILES string of the molecule is CSCCC(NC(=O)C(N)CCC(N)=O)C(=O)NC(CC(C)C)C(=O)NC(CO)C(=O)O. The van der Waals surface area contributed by atoms with Gasteiger partial charge in [0.15, 0.2) is 0 Å². The molecule has 9 N–H and O–H groups in total. The fraction of sp³-hybridized carbons (Fsp3) is 0.737. The van der Waals surface area contributed by atoms with Crippen molar-refractivity contribution in [3.05, 3.63) is 0 Å². The van der Waals surface area contributed by atoms with Crippen molar-refractivity contribution in [3.8, 4) is 0 Å². The summed E-state index contributed by atoms with van der Waals surface area (Å²) in [5.74, 6) is -3.54. The largest absolute Gasteiger partial charge is 0.480 e. The fourth-order valence-corrected chi connectivity index (χ4v) is 3.12. The van der Waals surface area contributed by atoms with Crippen LogP contribution in [0.25, 0.3) is 0 Å². The van der Waals surface area contributed by atoms with Crippen LogP contribution in [0.3, 0.4) is 0 Å². The predicted molar refractivity (Wildman–Crippen MR) is 119 cm³/mol. The molecule has 0 aliphatic rings. The van der Waals surface area contributed by atoms with E-state index in [1.165, 1.54) is 11.8 Å². The van der Waals surface area contributed by atoms with Gasteiger partial charge in [0.2, 0.25) is 23.6 Å². The van der Waals surface area contributed by atoms with Crippen molar-refractivity contribution in [2.45, 2.75) is 63.7 Å². The molecule has 12 nitrogen and oxygen atoms in total. The number of primary amides is 1. The monoisotopic (exact) mass is 477 g/mol. The first-order valence-corrected chi connectivity index (χ1v) is 11.6. The summed E-state index contributed by atoms with van der Waals surface area (Å²) in [6, 6.07) is -4.62. The van der Waals surface area contributed by atoms with Crippen LogP contribution in [0, 0.1) is 5.92 Å². The molecule has 0 saturated carbocycles. The standard InChI is InChI=1S/C19H35N5O7S/c1-10(2)8-13(18(29)24-14(9-25)19(30)31)23-17(28)12(6-7-32-3)22-16(27)11(20)4-5-15(21)26/h10-14,25H,4-9,20H2,1-3H3,(H2,21,26)(H,22,27)(H,23,28)(H,24,29)(H,30,31). The lowest BCUT2D eigenvalue weighted by atomic mass is 10.0. The number of carboxylic acid groups (broad SMARTS) is 1. The molecule has 0 radical (unpaired) electrons. The summed E-state index contributed by atoms with van der Waals surface area (Å²) in [4.78, 5) is 59.7. The Morgan fingerprint density at radius 1 is 0.906 bits per heavy atom. The van der Waals surface area contributed by atoms with Gasteiger partial charge in [0.1, 0.15) is 18.1 Å². The van der Waals surface area contributed by atoms with E-state index in [0.717, 1.165) is 0 Å². The molecular weight excluding hydrogens is 442 g/mol. The molecule has 13 heteroatoms. The van der Waals surface area contributed by atoms with Gasteiger partial charge in [-0.3, -0.25) is 19.2 Å². The van der Waals surface area contributed by atoms with Crippen LogP contribution in [-0.2, 0) is 24.0 Å². The molecule has 32 heavy (non-hydrogen) atoms. The molecule has 0 spiro atoms. The summed E-state index contributed by atoms with van der Waals surface area (Å²) in [5.41, 5.74) is 10.8. The Morgan fingerprint density at radius 2 is 1.44 bits per heavy atom. The van der Waals surface area contributed by atoms with Crippen molar-refractivity contribution in [1.29, 1.82) is 0 Å². The molecule has 0 saturated heterocycles. The number of hydrogen-bond donors (Lipinski definition) is 7. The first kappa shape index (κ1) is 29.6. The van der Waals surface area contributed by atoms with E-state index < -0.39 is 60.4 Å². The summed E-state index contributed by atoms with van der Waals surface area (Å²) in [6.45, 7) is 2.83. The third-order valence-corrected chi connectivity index (χ3v) is 5.06. The Morgan fingerprint density at radius 3 is 1.91 bits per heavy atom. The van der Waals surface area contributed by atoms with Crippen molar-refractivity contribution < 1.29 is 34.2 Å². The average Bonchev–Trinajstić information content (AvgIpc) is 2.71. The van der Waals surface area contributed by atoms with Crippen LogP contribution >= 0.6 is 11.8 Å². The van der Waals surface area contributed by atoms with E-state index in [1.54, 1.807) is 0 Å². The van der Waals surface area contributed by atoms with E-state index in [9.17, 15) is 24.0 Å². The molecule has 0 aromatic heterocycles. The first-order valence-electron chi connectivity index (χ1n) is 10.2. The second-order valence-corrected chi connectivity index (χ2v) is 8.71. The maximum absolute atomic E-state index is 12.9. The fourth-order valence-electron chi connectivity index (χ4n) is 2.65. The topological polar surface area (TPSA) is 214 Å². The number of carbonyl (C=O) groups excluding carboxylic acids is 4. The van der Waals surface area contributed by atoms with Gasteiger partial charge in [-0.05, 0) is 37.2 Å². The second-order valence-electron chi connectivity index (χ2n) is 7.73. The highest BCUT2D eigenvalue weighted by Gasteiger charge is 2.30. The molecule has 0 bridgehead atoms. The third kappa shape index (κ3) is 11.9. The number of aliphatic hydroxyl groups is 1. The van der Waals surface area contributed by atoms with Crippen LogP contribution in [0.2, 0.25) is 0 Å². The first-order chi connectivity index (χ1) is 14.9. The van der Waals surface area contributed by atoms with E-state index in [0.29, 0.717) is 5.75 Å². The summed E-state index contributed by atoms with van der Waals surface area (Å²) in [7, 11) is 0. The number of carbonyl (C=O) groups is 5. The van der Waals surface area contributed by atoms with Crippen molar-refractivity contribution in [3.63, 3.8) is 0 Å². The minimum Gasteiger partial charge on any atom is -0.480 e.